The Bertz CT molecular complexity index is 1220. The average Bonchev–Trinajstić information content (AvgIpc) is 2.65. The van der Waals surface area contributed by atoms with Crippen molar-refractivity contribution in [1.82, 2.24) is 4.57 Å². The lowest BCUT2D eigenvalue weighted by Gasteiger charge is -2.30. The molecule has 1 aliphatic rings. The third-order valence-corrected chi connectivity index (χ3v) is 5.41. The Kier molecular flexibility index (Phi) is 2.84. The van der Waals surface area contributed by atoms with Crippen LogP contribution in [0.1, 0.15) is 11.1 Å². The zero-order valence-corrected chi connectivity index (χ0v) is 14.3. The predicted octanol–water partition coefficient (Wildman–Crippen LogP) is 4.36. The van der Waals surface area contributed by atoms with E-state index in [1.165, 1.54) is 16.8 Å². The highest BCUT2D eigenvalue weighted by Gasteiger charge is 2.21. The number of hydrogen-bond acceptors (Lipinski definition) is 2. The maximum Gasteiger partial charge on any atom is 0.197 e. The summed E-state index contributed by atoms with van der Waals surface area (Å²) in [7, 11) is 4.12. The molecule has 4 aromatic rings. The summed E-state index contributed by atoms with van der Waals surface area (Å²) in [4.78, 5) is 15.2. The highest BCUT2D eigenvalue weighted by Crippen LogP contribution is 2.39. The third kappa shape index (κ3) is 1.89. The molecule has 0 saturated heterocycles. The number of aromatic nitrogens is 1. The summed E-state index contributed by atoms with van der Waals surface area (Å²) in [5, 5.41) is 1.56. The highest BCUT2D eigenvalue weighted by atomic mass is 16.1. The second-order valence-corrected chi connectivity index (χ2v) is 6.77. The molecule has 0 N–H and O–H groups in total. The number of anilines is 2. The van der Waals surface area contributed by atoms with Crippen LogP contribution in [0.2, 0.25) is 0 Å². The molecule has 3 heteroatoms. The SMILES string of the molecule is CN1c2ccccc2Cc2cc3c(cc21)c(=O)c1ccccc1n3C. The normalized spacial score (nSPS) is 13.1. The van der Waals surface area contributed by atoms with E-state index in [2.05, 4.69) is 52.9 Å². The van der Waals surface area contributed by atoms with Gasteiger partial charge in [0, 0.05) is 42.7 Å². The molecular formula is C22H18N2O. The standard InChI is InChI=1S/C22H18N2O/c1-23-18-9-5-3-7-14(18)11-15-12-21-17(13-20(15)23)22(25)16-8-4-6-10-19(16)24(21)2/h3-10,12-13H,11H2,1-2H3. The van der Waals surface area contributed by atoms with Crippen LogP contribution in [-0.2, 0) is 13.5 Å². The molecule has 3 nitrogen and oxygen atoms in total. The van der Waals surface area contributed by atoms with Crippen molar-refractivity contribution in [2.75, 3.05) is 11.9 Å². The monoisotopic (exact) mass is 326 g/mol. The zero-order chi connectivity index (χ0) is 17.1. The molecule has 0 spiro atoms. The Hall–Kier alpha value is -3.07. The van der Waals surface area contributed by atoms with E-state index in [9.17, 15) is 4.79 Å². The van der Waals surface area contributed by atoms with E-state index in [4.69, 9.17) is 0 Å². The molecule has 0 unspecified atom stereocenters. The molecule has 0 radical (unpaired) electrons. The second kappa shape index (κ2) is 4.96. The van der Waals surface area contributed by atoms with Crippen LogP contribution >= 0.6 is 0 Å². The van der Waals surface area contributed by atoms with Crippen molar-refractivity contribution in [2.45, 2.75) is 6.42 Å². The molecule has 122 valence electrons. The van der Waals surface area contributed by atoms with Gasteiger partial charge in [0.1, 0.15) is 0 Å². The topological polar surface area (TPSA) is 25.2 Å². The van der Waals surface area contributed by atoms with E-state index in [-0.39, 0.29) is 5.43 Å². The van der Waals surface area contributed by atoms with Crippen molar-refractivity contribution >= 4 is 33.2 Å². The van der Waals surface area contributed by atoms with Crippen molar-refractivity contribution in [1.29, 1.82) is 0 Å². The van der Waals surface area contributed by atoms with Crippen LogP contribution < -0.4 is 10.3 Å². The molecule has 25 heavy (non-hydrogen) atoms. The Morgan fingerprint density at radius 3 is 2.40 bits per heavy atom. The fraction of sp³-hybridized carbons (Fsp3) is 0.136. The zero-order valence-electron chi connectivity index (χ0n) is 14.3. The van der Waals surface area contributed by atoms with Gasteiger partial charge in [-0.2, -0.15) is 0 Å². The molecule has 0 amide bonds. The number of nitrogens with zero attached hydrogens (tertiary/aromatic N) is 2. The molecule has 2 heterocycles. The third-order valence-electron chi connectivity index (χ3n) is 5.41. The minimum atomic E-state index is 0.110. The molecule has 3 aromatic carbocycles. The van der Waals surface area contributed by atoms with Gasteiger partial charge in [-0.25, -0.2) is 0 Å². The number of fused-ring (bicyclic) bond motifs is 4. The highest BCUT2D eigenvalue weighted by molar-refractivity contribution is 5.96. The van der Waals surface area contributed by atoms with Gasteiger partial charge < -0.3 is 9.47 Å². The number of benzene rings is 3. The first-order valence-electron chi connectivity index (χ1n) is 8.51. The van der Waals surface area contributed by atoms with Crippen LogP contribution in [0.5, 0.6) is 0 Å². The molecule has 0 atom stereocenters. The molecule has 5 rings (SSSR count). The fourth-order valence-corrected chi connectivity index (χ4v) is 4.09. The van der Waals surface area contributed by atoms with Crippen LogP contribution in [-0.4, -0.2) is 11.6 Å². The van der Waals surface area contributed by atoms with E-state index in [1.54, 1.807) is 0 Å². The summed E-state index contributed by atoms with van der Waals surface area (Å²) in [5.74, 6) is 0. The molecule has 1 aromatic heterocycles. The van der Waals surface area contributed by atoms with Gasteiger partial charge in [-0.15, -0.1) is 0 Å². The largest absolute Gasteiger partial charge is 0.344 e. The van der Waals surface area contributed by atoms with E-state index < -0.39 is 0 Å². The van der Waals surface area contributed by atoms with Gasteiger partial charge in [-0.3, -0.25) is 4.79 Å². The van der Waals surface area contributed by atoms with E-state index >= 15 is 0 Å². The van der Waals surface area contributed by atoms with Crippen LogP contribution in [0.25, 0.3) is 21.8 Å². The minimum Gasteiger partial charge on any atom is -0.344 e. The molecule has 0 aliphatic carbocycles. The predicted molar refractivity (Wildman–Crippen MR) is 104 cm³/mol. The quantitative estimate of drug-likeness (QED) is 0.449. The molecular weight excluding hydrogens is 308 g/mol. The van der Waals surface area contributed by atoms with Gasteiger partial charge in [0.25, 0.3) is 0 Å². The lowest BCUT2D eigenvalue weighted by molar-refractivity contribution is 0.993. The number of pyridine rings is 1. The minimum absolute atomic E-state index is 0.110. The summed E-state index contributed by atoms with van der Waals surface area (Å²) in [5.41, 5.74) is 7.01. The first-order chi connectivity index (χ1) is 12.1. The molecule has 0 saturated carbocycles. The van der Waals surface area contributed by atoms with Gasteiger partial charge >= 0.3 is 0 Å². The summed E-state index contributed by atoms with van der Waals surface area (Å²) in [6, 6.07) is 20.6. The van der Waals surface area contributed by atoms with E-state index in [0.717, 1.165) is 33.9 Å². The number of hydrogen-bond donors (Lipinski definition) is 0. The maximum atomic E-state index is 13.0. The maximum absolute atomic E-state index is 13.0. The molecule has 0 bridgehead atoms. The van der Waals surface area contributed by atoms with Crippen molar-refractivity contribution in [3.8, 4) is 0 Å². The van der Waals surface area contributed by atoms with Crippen LogP contribution in [0.15, 0.2) is 65.5 Å². The lowest BCUT2D eigenvalue weighted by atomic mass is 9.94. The first-order valence-corrected chi connectivity index (χ1v) is 8.51. The van der Waals surface area contributed by atoms with Gasteiger partial charge in [0.05, 0.1) is 11.0 Å². The van der Waals surface area contributed by atoms with Crippen LogP contribution in [0, 0.1) is 0 Å². The lowest BCUT2D eigenvalue weighted by Crippen LogP contribution is -2.20. The Morgan fingerprint density at radius 1 is 0.760 bits per heavy atom. The van der Waals surface area contributed by atoms with Crippen LogP contribution in [0.4, 0.5) is 11.4 Å². The van der Waals surface area contributed by atoms with Crippen molar-refractivity contribution in [3.05, 3.63) is 82.0 Å². The van der Waals surface area contributed by atoms with E-state index in [0.29, 0.717) is 0 Å². The fourth-order valence-electron chi connectivity index (χ4n) is 4.09. The first kappa shape index (κ1) is 14.3. The smallest absolute Gasteiger partial charge is 0.197 e. The van der Waals surface area contributed by atoms with Gasteiger partial charge in [0.15, 0.2) is 5.43 Å². The van der Waals surface area contributed by atoms with Crippen molar-refractivity contribution in [3.63, 3.8) is 0 Å². The van der Waals surface area contributed by atoms with Crippen molar-refractivity contribution in [2.24, 2.45) is 7.05 Å². The summed E-state index contributed by atoms with van der Waals surface area (Å²) in [6.07, 6.45) is 0.896. The second-order valence-electron chi connectivity index (χ2n) is 6.77. The van der Waals surface area contributed by atoms with Gasteiger partial charge in [-0.1, -0.05) is 30.3 Å². The number of aryl methyl sites for hydroxylation is 1. The van der Waals surface area contributed by atoms with Gasteiger partial charge in [-0.05, 0) is 41.5 Å². The summed E-state index contributed by atoms with van der Waals surface area (Å²) >= 11 is 0. The van der Waals surface area contributed by atoms with Crippen LogP contribution in [0.3, 0.4) is 0 Å². The Morgan fingerprint density at radius 2 is 1.52 bits per heavy atom. The molecule has 0 fully saturated rings. The number of rotatable bonds is 0. The van der Waals surface area contributed by atoms with Gasteiger partial charge in [0.2, 0.25) is 0 Å². The van der Waals surface area contributed by atoms with Crippen molar-refractivity contribution < 1.29 is 0 Å². The van der Waals surface area contributed by atoms with E-state index in [1.807, 2.05) is 31.3 Å². The molecule has 1 aliphatic heterocycles. The Labute approximate surface area is 145 Å². The average molecular weight is 326 g/mol. The summed E-state index contributed by atoms with van der Waals surface area (Å²) in [6.45, 7) is 0. The summed E-state index contributed by atoms with van der Waals surface area (Å²) < 4.78 is 2.13. The Balaban J connectivity index is 1.88. The number of para-hydroxylation sites is 2.